The van der Waals surface area contributed by atoms with Gasteiger partial charge in [0.2, 0.25) is 0 Å². The maximum Gasteiger partial charge on any atom is -0.000791 e. The first-order valence-electron chi connectivity index (χ1n) is 4.62. The Hall–Kier alpha value is -0.820. The molecular weight excluding hydrogens is 146 g/mol. The monoisotopic (exact) mass is 161 g/mol. The highest BCUT2D eigenvalue weighted by molar-refractivity contribution is 5.38. The van der Waals surface area contributed by atoms with E-state index in [9.17, 15) is 0 Å². The van der Waals surface area contributed by atoms with Gasteiger partial charge in [-0.1, -0.05) is 31.2 Å². The molecule has 0 heterocycles. The predicted octanol–water partition coefficient (Wildman–Crippen LogP) is 2.24. The molecule has 64 valence electrons. The summed E-state index contributed by atoms with van der Waals surface area (Å²) in [5.74, 6) is 1.31. The van der Waals surface area contributed by atoms with Crippen LogP contribution in [0, 0.1) is 0 Å². The van der Waals surface area contributed by atoms with Crippen LogP contribution in [0.2, 0.25) is 0 Å². The zero-order valence-electron chi connectivity index (χ0n) is 7.46. The van der Waals surface area contributed by atoms with E-state index in [0.29, 0.717) is 11.8 Å². The smallest absolute Gasteiger partial charge is 0.000791 e. The second-order valence-electron chi connectivity index (χ2n) is 3.70. The number of hydrogen-bond acceptors (Lipinski definition) is 1. The van der Waals surface area contributed by atoms with Crippen LogP contribution in [-0.4, -0.2) is 6.54 Å². The van der Waals surface area contributed by atoms with Crippen LogP contribution in [0.3, 0.4) is 0 Å². The standard InChI is InChI=1S/C11H15N/c1-8-6-9(7-12)11-5-3-2-4-10(8)11/h2-5,8-9H,6-7,12H2,1H3. The van der Waals surface area contributed by atoms with Crippen LogP contribution in [0.25, 0.3) is 0 Å². The summed E-state index contributed by atoms with van der Waals surface area (Å²) in [6, 6.07) is 8.68. The van der Waals surface area contributed by atoms with Gasteiger partial charge in [-0.2, -0.15) is 0 Å². The lowest BCUT2D eigenvalue weighted by Crippen LogP contribution is -2.09. The normalized spacial score (nSPS) is 27.2. The summed E-state index contributed by atoms with van der Waals surface area (Å²) in [7, 11) is 0. The molecule has 2 N–H and O–H groups in total. The lowest BCUT2D eigenvalue weighted by Gasteiger charge is -2.06. The third kappa shape index (κ3) is 1.05. The molecule has 0 radical (unpaired) electrons. The molecule has 2 unspecified atom stereocenters. The van der Waals surface area contributed by atoms with E-state index in [1.807, 2.05) is 0 Å². The van der Waals surface area contributed by atoms with Gasteiger partial charge in [0.15, 0.2) is 0 Å². The van der Waals surface area contributed by atoms with Gasteiger partial charge in [-0.05, 0) is 35.9 Å². The molecule has 1 heteroatoms. The maximum absolute atomic E-state index is 5.71. The molecule has 1 aromatic rings. The molecule has 0 fully saturated rings. The highest BCUT2D eigenvalue weighted by Crippen LogP contribution is 2.40. The fraction of sp³-hybridized carbons (Fsp3) is 0.455. The zero-order chi connectivity index (χ0) is 8.55. The van der Waals surface area contributed by atoms with E-state index < -0.39 is 0 Å². The van der Waals surface area contributed by atoms with Gasteiger partial charge in [-0.15, -0.1) is 0 Å². The van der Waals surface area contributed by atoms with Crippen molar-refractivity contribution in [2.45, 2.75) is 25.2 Å². The molecule has 1 aliphatic carbocycles. The molecule has 12 heavy (non-hydrogen) atoms. The second kappa shape index (κ2) is 2.91. The predicted molar refractivity (Wildman–Crippen MR) is 51.3 cm³/mol. The van der Waals surface area contributed by atoms with E-state index in [-0.39, 0.29) is 0 Å². The Balaban J connectivity index is 2.43. The molecule has 0 amide bonds. The molecule has 1 nitrogen and oxygen atoms in total. The Labute approximate surface area is 73.6 Å². The molecule has 2 atom stereocenters. The van der Waals surface area contributed by atoms with Gasteiger partial charge in [0.05, 0.1) is 0 Å². The molecule has 0 aliphatic heterocycles. The van der Waals surface area contributed by atoms with Crippen molar-refractivity contribution in [1.29, 1.82) is 0 Å². The minimum absolute atomic E-state index is 0.608. The van der Waals surface area contributed by atoms with Crippen molar-refractivity contribution in [3.05, 3.63) is 35.4 Å². The van der Waals surface area contributed by atoms with Gasteiger partial charge in [-0.3, -0.25) is 0 Å². The van der Waals surface area contributed by atoms with Crippen LogP contribution in [0.5, 0.6) is 0 Å². The molecule has 0 bridgehead atoms. The first-order valence-corrected chi connectivity index (χ1v) is 4.62. The van der Waals surface area contributed by atoms with Crippen LogP contribution < -0.4 is 5.73 Å². The van der Waals surface area contributed by atoms with Crippen molar-refractivity contribution in [3.8, 4) is 0 Å². The van der Waals surface area contributed by atoms with E-state index in [2.05, 4.69) is 31.2 Å². The van der Waals surface area contributed by atoms with Crippen molar-refractivity contribution < 1.29 is 0 Å². The number of fused-ring (bicyclic) bond motifs is 1. The number of rotatable bonds is 1. The summed E-state index contributed by atoms with van der Waals surface area (Å²) in [5, 5.41) is 0. The molecule has 0 spiro atoms. The average Bonchev–Trinajstić information content (AvgIpc) is 2.44. The summed E-state index contributed by atoms with van der Waals surface area (Å²) in [6.07, 6.45) is 1.23. The fourth-order valence-electron chi connectivity index (χ4n) is 2.24. The summed E-state index contributed by atoms with van der Waals surface area (Å²) >= 11 is 0. The van der Waals surface area contributed by atoms with Gasteiger partial charge in [0.1, 0.15) is 0 Å². The highest BCUT2D eigenvalue weighted by Gasteiger charge is 2.25. The number of hydrogen-bond donors (Lipinski definition) is 1. The molecule has 0 saturated carbocycles. The molecular formula is C11H15N. The molecule has 2 rings (SSSR count). The van der Waals surface area contributed by atoms with Gasteiger partial charge >= 0.3 is 0 Å². The van der Waals surface area contributed by atoms with Crippen LogP contribution in [0.1, 0.15) is 36.3 Å². The molecule has 0 aromatic heterocycles. The topological polar surface area (TPSA) is 26.0 Å². The van der Waals surface area contributed by atoms with Gasteiger partial charge < -0.3 is 5.73 Å². The lowest BCUT2D eigenvalue weighted by molar-refractivity contribution is 0.626. The van der Waals surface area contributed by atoms with E-state index >= 15 is 0 Å². The summed E-state index contributed by atoms with van der Waals surface area (Å²) in [4.78, 5) is 0. The Bertz CT molecular complexity index is 280. The van der Waals surface area contributed by atoms with Crippen molar-refractivity contribution >= 4 is 0 Å². The Morgan fingerprint density at radius 3 is 2.67 bits per heavy atom. The summed E-state index contributed by atoms with van der Waals surface area (Å²) in [5.41, 5.74) is 8.70. The number of nitrogens with two attached hydrogens (primary N) is 1. The molecule has 1 aliphatic rings. The second-order valence-corrected chi connectivity index (χ2v) is 3.70. The summed E-state index contributed by atoms with van der Waals surface area (Å²) in [6.45, 7) is 3.08. The minimum Gasteiger partial charge on any atom is -0.330 e. The Morgan fingerprint density at radius 1 is 1.33 bits per heavy atom. The quantitative estimate of drug-likeness (QED) is 0.671. The fourth-order valence-corrected chi connectivity index (χ4v) is 2.24. The molecule has 0 saturated heterocycles. The largest absolute Gasteiger partial charge is 0.330 e. The SMILES string of the molecule is CC1CC(CN)c2ccccc21. The van der Waals surface area contributed by atoms with Gasteiger partial charge in [-0.25, -0.2) is 0 Å². The van der Waals surface area contributed by atoms with Crippen LogP contribution in [0.15, 0.2) is 24.3 Å². The lowest BCUT2D eigenvalue weighted by atomic mass is 10.0. The summed E-state index contributed by atoms with van der Waals surface area (Å²) < 4.78 is 0. The van der Waals surface area contributed by atoms with Gasteiger partial charge in [0.25, 0.3) is 0 Å². The highest BCUT2D eigenvalue weighted by atomic mass is 14.6. The van der Waals surface area contributed by atoms with Crippen molar-refractivity contribution in [2.75, 3.05) is 6.54 Å². The Morgan fingerprint density at radius 2 is 2.00 bits per heavy atom. The van der Waals surface area contributed by atoms with E-state index in [0.717, 1.165) is 6.54 Å². The average molecular weight is 161 g/mol. The maximum atomic E-state index is 5.71. The minimum atomic E-state index is 0.608. The first-order chi connectivity index (χ1) is 5.83. The first kappa shape index (κ1) is 7.81. The van der Waals surface area contributed by atoms with Crippen LogP contribution in [-0.2, 0) is 0 Å². The Kier molecular flexibility index (Phi) is 1.89. The third-order valence-electron chi connectivity index (χ3n) is 2.89. The zero-order valence-corrected chi connectivity index (χ0v) is 7.46. The van der Waals surface area contributed by atoms with Crippen molar-refractivity contribution in [3.63, 3.8) is 0 Å². The third-order valence-corrected chi connectivity index (χ3v) is 2.89. The van der Waals surface area contributed by atoms with Crippen molar-refractivity contribution in [1.82, 2.24) is 0 Å². The van der Waals surface area contributed by atoms with Crippen LogP contribution >= 0.6 is 0 Å². The van der Waals surface area contributed by atoms with Crippen LogP contribution in [0.4, 0.5) is 0 Å². The molecule has 1 aromatic carbocycles. The van der Waals surface area contributed by atoms with Gasteiger partial charge in [0, 0.05) is 0 Å². The van der Waals surface area contributed by atoms with E-state index in [1.54, 1.807) is 0 Å². The van der Waals surface area contributed by atoms with E-state index in [1.165, 1.54) is 17.5 Å². The van der Waals surface area contributed by atoms with E-state index in [4.69, 9.17) is 5.73 Å². The van der Waals surface area contributed by atoms with Crippen molar-refractivity contribution in [2.24, 2.45) is 5.73 Å². The number of benzene rings is 1.